The Labute approximate surface area is 197 Å². The van der Waals surface area contributed by atoms with Gasteiger partial charge in [0, 0.05) is 9.68 Å². The van der Waals surface area contributed by atoms with E-state index in [-0.39, 0.29) is 16.9 Å². The van der Waals surface area contributed by atoms with Gasteiger partial charge in [0.25, 0.3) is 0 Å². The molecule has 0 saturated heterocycles. The highest BCUT2D eigenvalue weighted by Crippen LogP contribution is 2.44. The van der Waals surface area contributed by atoms with E-state index in [2.05, 4.69) is 13.8 Å². The molecule has 1 aromatic rings. The van der Waals surface area contributed by atoms with Gasteiger partial charge in [0.1, 0.15) is 17.1 Å². The minimum Gasteiger partial charge on any atom is -0.507 e. The molecule has 0 radical (unpaired) electrons. The molecule has 2 nitrogen and oxygen atoms in total. The van der Waals surface area contributed by atoms with Crippen molar-refractivity contribution in [1.29, 1.82) is 0 Å². The normalized spacial score (nSPS) is 19.9. The molecular weight excluding hydrogens is 380 g/mol. The first-order valence-electron chi connectivity index (χ1n) is 14.6. The van der Waals surface area contributed by atoms with Crippen molar-refractivity contribution in [2.24, 2.45) is 0 Å². The third-order valence-corrected chi connectivity index (χ3v) is 7.38. The Morgan fingerprint density at radius 2 is 1.32 bits per heavy atom. The van der Waals surface area contributed by atoms with E-state index in [0.29, 0.717) is 23.3 Å². The number of rotatable bonds is 15. The second kappa shape index (κ2) is 13.4. The second-order valence-electron chi connectivity index (χ2n) is 10.2. The maximum atomic E-state index is 10.5. The minimum atomic E-state index is -2.33. The third kappa shape index (κ3) is 8.03. The van der Waals surface area contributed by atoms with Crippen molar-refractivity contribution in [3.63, 3.8) is 0 Å². The van der Waals surface area contributed by atoms with Crippen LogP contribution in [0.4, 0.5) is 0 Å². The SMILES string of the molecule is [3H]C([3H])([3H])c1c(O)c(C)c(C)c2c1CC[C@@](C)(CCCCCCCCCCCCCCCC)O2. The number of unbranched alkanes of at least 4 members (excludes halogenated alkanes) is 13. The van der Waals surface area contributed by atoms with Gasteiger partial charge in [-0.3, -0.25) is 0 Å². The van der Waals surface area contributed by atoms with Crippen LogP contribution in [0.5, 0.6) is 11.5 Å². The predicted molar refractivity (Wildman–Crippen MR) is 135 cm³/mol. The van der Waals surface area contributed by atoms with Crippen molar-refractivity contribution in [1.82, 2.24) is 0 Å². The maximum absolute atomic E-state index is 10.5. The van der Waals surface area contributed by atoms with E-state index < -0.39 is 6.85 Å². The van der Waals surface area contributed by atoms with E-state index in [1.807, 2.05) is 6.92 Å². The smallest absolute Gasteiger partial charge is 0.127 e. The molecule has 0 aromatic heterocycles. The number of phenols is 1. The van der Waals surface area contributed by atoms with Gasteiger partial charge >= 0.3 is 0 Å². The largest absolute Gasteiger partial charge is 0.507 e. The molecule has 0 amide bonds. The lowest BCUT2D eigenvalue weighted by atomic mass is 9.84. The van der Waals surface area contributed by atoms with Gasteiger partial charge in [-0.15, -0.1) is 0 Å². The van der Waals surface area contributed by atoms with Crippen LogP contribution < -0.4 is 4.74 Å². The molecule has 1 atom stereocenters. The van der Waals surface area contributed by atoms with E-state index in [4.69, 9.17) is 8.85 Å². The highest BCUT2D eigenvalue weighted by atomic mass is 16.5. The Morgan fingerprint density at radius 3 is 1.84 bits per heavy atom. The first-order chi connectivity index (χ1) is 16.1. The molecule has 0 spiro atoms. The summed E-state index contributed by atoms with van der Waals surface area (Å²) in [4.78, 5) is 0. The standard InChI is InChI=1S/C29H50O2/c1-6-7-8-9-10-11-12-13-14-15-16-17-18-19-21-29(5)22-20-26-25(4)27(30)23(2)24(3)28(26)31-29/h30H,6-22H2,1-5H3/t29-/m1/s1/i4T3. The van der Waals surface area contributed by atoms with Crippen molar-refractivity contribution >= 4 is 0 Å². The summed E-state index contributed by atoms with van der Waals surface area (Å²) in [7, 11) is 0. The number of phenolic OH excluding ortho intramolecular Hbond substituents is 1. The first-order valence-corrected chi connectivity index (χ1v) is 13.1. The lowest BCUT2D eigenvalue weighted by Gasteiger charge is -2.38. The quantitative estimate of drug-likeness (QED) is 0.277. The van der Waals surface area contributed by atoms with Gasteiger partial charge in [0.15, 0.2) is 0 Å². The Balaban J connectivity index is 1.69. The van der Waals surface area contributed by atoms with Crippen LogP contribution >= 0.6 is 0 Å². The summed E-state index contributed by atoms with van der Waals surface area (Å²) in [6, 6.07) is 0. The summed E-state index contributed by atoms with van der Waals surface area (Å²) in [6.45, 7) is 5.81. The predicted octanol–water partition coefficient (Wildman–Crippen LogP) is 9.27. The van der Waals surface area contributed by atoms with Crippen LogP contribution in [-0.4, -0.2) is 10.7 Å². The molecule has 178 valence electrons. The zero-order valence-electron chi connectivity index (χ0n) is 23.9. The van der Waals surface area contributed by atoms with Crippen LogP contribution in [0, 0.1) is 20.7 Å². The highest BCUT2D eigenvalue weighted by Gasteiger charge is 2.34. The molecule has 2 rings (SSSR count). The zero-order valence-corrected chi connectivity index (χ0v) is 20.9. The number of benzene rings is 1. The van der Waals surface area contributed by atoms with E-state index in [0.717, 1.165) is 24.8 Å². The summed E-state index contributed by atoms with van der Waals surface area (Å²) < 4.78 is 30.2. The lowest BCUT2D eigenvalue weighted by molar-refractivity contribution is 0.0521. The summed E-state index contributed by atoms with van der Waals surface area (Å²) in [5.41, 5.74) is 1.99. The molecule has 1 heterocycles. The van der Waals surface area contributed by atoms with Gasteiger partial charge in [-0.05, 0) is 70.0 Å². The molecule has 1 aliphatic rings. The number of hydrogen-bond donors (Lipinski definition) is 1. The molecule has 1 aromatic carbocycles. The first kappa shape index (κ1) is 21.7. The van der Waals surface area contributed by atoms with Gasteiger partial charge in [-0.2, -0.15) is 0 Å². The Morgan fingerprint density at radius 1 is 0.806 bits per heavy atom. The van der Waals surface area contributed by atoms with Crippen LogP contribution in [0.3, 0.4) is 0 Å². The number of aromatic hydroxyl groups is 1. The summed E-state index contributed by atoms with van der Waals surface area (Å²) >= 11 is 0. The van der Waals surface area contributed by atoms with Crippen LogP contribution in [0.1, 0.15) is 143 Å². The lowest BCUT2D eigenvalue weighted by Crippen LogP contribution is -2.37. The number of fused-ring (bicyclic) bond motifs is 1. The van der Waals surface area contributed by atoms with E-state index in [1.165, 1.54) is 83.5 Å². The summed E-state index contributed by atoms with van der Waals surface area (Å²) in [6.07, 6.45) is 21.4. The molecule has 0 unspecified atom stereocenters. The topological polar surface area (TPSA) is 29.5 Å². The van der Waals surface area contributed by atoms with Crippen molar-refractivity contribution in [2.45, 2.75) is 149 Å². The number of ether oxygens (including phenoxy) is 1. The van der Waals surface area contributed by atoms with Crippen molar-refractivity contribution < 1.29 is 14.0 Å². The van der Waals surface area contributed by atoms with Gasteiger partial charge < -0.3 is 9.84 Å². The van der Waals surface area contributed by atoms with E-state index in [1.54, 1.807) is 6.92 Å². The second-order valence-corrected chi connectivity index (χ2v) is 10.2. The van der Waals surface area contributed by atoms with Crippen LogP contribution in [-0.2, 0) is 6.42 Å². The van der Waals surface area contributed by atoms with Crippen molar-refractivity contribution in [3.05, 3.63) is 22.3 Å². The van der Waals surface area contributed by atoms with Crippen LogP contribution in [0.25, 0.3) is 0 Å². The third-order valence-electron chi connectivity index (χ3n) is 7.38. The van der Waals surface area contributed by atoms with Gasteiger partial charge in [0.05, 0.1) is 0 Å². The molecule has 0 fully saturated rings. The molecule has 0 saturated carbocycles. The molecule has 1 N–H and O–H groups in total. The van der Waals surface area contributed by atoms with Crippen molar-refractivity contribution in [2.75, 3.05) is 0 Å². The molecule has 2 heteroatoms. The Kier molecular flexibility index (Phi) is 9.35. The van der Waals surface area contributed by atoms with Gasteiger partial charge in [-0.1, -0.05) is 90.4 Å². The Hall–Kier alpha value is -1.18. The van der Waals surface area contributed by atoms with Gasteiger partial charge in [-0.25, -0.2) is 0 Å². The minimum absolute atomic E-state index is 0.0872. The fraction of sp³-hybridized carbons (Fsp3) is 0.793. The van der Waals surface area contributed by atoms with Gasteiger partial charge in [0.2, 0.25) is 0 Å². The average molecular weight is 437 g/mol. The fourth-order valence-corrected chi connectivity index (χ4v) is 4.95. The molecule has 1 aliphatic heterocycles. The van der Waals surface area contributed by atoms with Crippen molar-refractivity contribution in [3.8, 4) is 11.5 Å². The molecule has 0 bridgehead atoms. The summed E-state index contributed by atoms with van der Waals surface area (Å²) in [5.74, 6) is 0.607. The van der Waals surface area contributed by atoms with Crippen LogP contribution in [0.2, 0.25) is 0 Å². The maximum Gasteiger partial charge on any atom is 0.127 e. The van der Waals surface area contributed by atoms with E-state index >= 15 is 0 Å². The molecule has 31 heavy (non-hydrogen) atoms. The summed E-state index contributed by atoms with van der Waals surface area (Å²) in [5, 5.41) is 10.5. The highest BCUT2D eigenvalue weighted by molar-refractivity contribution is 5.58. The molecule has 0 aliphatic carbocycles. The average Bonchev–Trinajstić information content (AvgIpc) is 2.77. The van der Waals surface area contributed by atoms with E-state index in [9.17, 15) is 5.11 Å². The Bertz CT molecular complexity index is 757. The molecular formula is C29H50O2. The zero-order chi connectivity index (χ0) is 25.2. The van der Waals surface area contributed by atoms with Crippen LogP contribution in [0.15, 0.2) is 0 Å². The monoisotopic (exact) mass is 436 g/mol. The fourth-order valence-electron chi connectivity index (χ4n) is 4.95. The number of hydrogen-bond acceptors (Lipinski definition) is 2.